The van der Waals surface area contributed by atoms with Gasteiger partial charge in [0.05, 0.1) is 5.02 Å². The van der Waals surface area contributed by atoms with Crippen molar-refractivity contribution in [2.45, 2.75) is 13.3 Å². The van der Waals surface area contributed by atoms with Crippen molar-refractivity contribution in [3.05, 3.63) is 53.1 Å². The summed E-state index contributed by atoms with van der Waals surface area (Å²) in [5.74, 6) is 0.232. The van der Waals surface area contributed by atoms with Gasteiger partial charge < -0.3 is 15.0 Å². The number of fused-ring (bicyclic) bond motifs is 1. The van der Waals surface area contributed by atoms with Crippen LogP contribution in [0.2, 0.25) is 5.02 Å². The van der Waals surface area contributed by atoms with Gasteiger partial charge in [-0.15, -0.1) is 0 Å². The van der Waals surface area contributed by atoms with Gasteiger partial charge in [-0.1, -0.05) is 23.7 Å². The number of anilines is 2. The van der Waals surface area contributed by atoms with Crippen molar-refractivity contribution in [1.29, 1.82) is 0 Å². The lowest BCUT2D eigenvalue weighted by Gasteiger charge is -2.15. The summed E-state index contributed by atoms with van der Waals surface area (Å²) in [6.45, 7) is 2.11. The maximum absolute atomic E-state index is 12.0. The van der Waals surface area contributed by atoms with Gasteiger partial charge in [-0.2, -0.15) is 0 Å². The van der Waals surface area contributed by atoms with E-state index in [-0.39, 0.29) is 18.4 Å². The zero-order valence-corrected chi connectivity index (χ0v) is 14.0. The van der Waals surface area contributed by atoms with E-state index in [1.165, 1.54) is 0 Å². The molecule has 1 N–H and O–H groups in total. The third-order valence-electron chi connectivity index (χ3n) is 3.83. The van der Waals surface area contributed by atoms with E-state index in [0.717, 1.165) is 17.7 Å². The van der Waals surface area contributed by atoms with Crippen LogP contribution in [-0.2, 0) is 16.0 Å². The molecule has 3 rings (SSSR count). The fourth-order valence-electron chi connectivity index (χ4n) is 2.71. The summed E-state index contributed by atoms with van der Waals surface area (Å²) in [7, 11) is 0. The summed E-state index contributed by atoms with van der Waals surface area (Å²) >= 11 is 5.98. The van der Waals surface area contributed by atoms with Gasteiger partial charge in [-0.05, 0) is 42.3 Å². The van der Waals surface area contributed by atoms with E-state index >= 15 is 0 Å². The molecular weight excluding hydrogens is 328 g/mol. The van der Waals surface area contributed by atoms with Crippen LogP contribution in [0.15, 0.2) is 42.5 Å². The normalized spacial score (nSPS) is 12.7. The predicted molar refractivity (Wildman–Crippen MR) is 93.7 cm³/mol. The zero-order chi connectivity index (χ0) is 17.1. The predicted octanol–water partition coefficient (Wildman–Crippen LogP) is 3.27. The van der Waals surface area contributed by atoms with E-state index in [2.05, 4.69) is 5.32 Å². The first kappa shape index (κ1) is 16.3. The number of carbonyl (C=O) groups excluding carboxylic acids is 2. The Hall–Kier alpha value is -2.53. The summed E-state index contributed by atoms with van der Waals surface area (Å²) in [6, 6.07) is 12.5. The molecule has 2 amide bonds. The highest BCUT2D eigenvalue weighted by atomic mass is 35.5. The molecule has 0 saturated carbocycles. The molecule has 0 saturated heterocycles. The highest BCUT2D eigenvalue weighted by Crippen LogP contribution is 2.30. The highest BCUT2D eigenvalue weighted by molar-refractivity contribution is 6.32. The van der Waals surface area contributed by atoms with E-state index in [1.54, 1.807) is 42.2 Å². The minimum absolute atomic E-state index is 0.0266. The molecule has 0 aliphatic carbocycles. The second kappa shape index (κ2) is 6.93. The molecule has 0 unspecified atom stereocenters. The van der Waals surface area contributed by atoms with Crippen molar-refractivity contribution in [2.75, 3.05) is 23.4 Å². The molecule has 2 aromatic carbocycles. The molecule has 1 aliphatic rings. The molecule has 124 valence electrons. The van der Waals surface area contributed by atoms with E-state index in [9.17, 15) is 9.59 Å². The SMILES string of the molecule is CC(=O)N1CCc2cc(NC(=O)COc3ccccc3Cl)ccc21. The quantitative estimate of drug-likeness (QED) is 0.926. The molecule has 0 bridgehead atoms. The van der Waals surface area contributed by atoms with Crippen LogP contribution in [-0.4, -0.2) is 25.0 Å². The summed E-state index contributed by atoms with van der Waals surface area (Å²) < 4.78 is 5.42. The molecule has 24 heavy (non-hydrogen) atoms. The van der Waals surface area contributed by atoms with Crippen molar-refractivity contribution < 1.29 is 14.3 Å². The maximum Gasteiger partial charge on any atom is 0.262 e. The fourth-order valence-corrected chi connectivity index (χ4v) is 2.90. The summed E-state index contributed by atoms with van der Waals surface area (Å²) in [5.41, 5.74) is 2.65. The Labute approximate surface area is 145 Å². The van der Waals surface area contributed by atoms with Crippen molar-refractivity contribution in [3.63, 3.8) is 0 Å². The topological polar surface area (TPSA) is 58.6 Å². The minimum atomic E-state index is -0.267. The number of nitrogens with zero attached hydrogens (tertiary/aromatic N) is 1. The van der Waals surface area contributed by atoms with Gasteiger partial charge in [0.1, 0.15) is 5.75 Å². The Morgan fingerprint density at radius 3 is 2.79 bits per heavy atom. The fraction of sp³-hybridized carbons (Fsp3) is 0.222. The molecule has 1 aliphatic heterocycles. The van der Waals surface area contributed by atoms with Crippen LogP contribution in [0.3, 0.4) is 0 Å². The van der Waals surface area contributed by atoms with Crippen LogP contribution in [0.4, 0.5) is 11.4 Å². The number of hydrogen-bond donors (Lipinski definition) is 1. The first-order chi connectivity index (χ1) is 11.5. The average Bonchev–Trinajstić information content (AvgIpc) is 2.97. The molecule has 5 nitrogen and oxygen atoms in total. The average molecular weight is 345 g/mol. The van der Waals surface area contributed by atoms with Crippen LogP contribution in [0.5, 0.6) is 5.75 Å². The van der Waals surface area contributed by atoms with Gasteiger partial charge in [-0.25, -0.2) is 0 Å². The van der Waals surface area contributed by atoms with Crippen LogP contribution in [0, 0.1) is 0 Å². The van der Waals surface area contributed by atoms with Crippen LogP contribution < -0.4 is 15.0 Å². The number of benzene rings is 2. The smallest absolute Gasteiger partial charge is 0.262 e. The third-order valence-corrected chi connectivity index (χ3v) is 4.15. The van der Waals surface area contributed by atoms with E-state index < -0.39 is 0 Å². The van der Waals surface area contributed by atoms with Gasteiger partial charge in [0.2, 0.25) is 5.91 Å². The summed E-state index contributed by atoms with van der Waals surface area (Å²) in [6.07, 6.45) is 0.786. The van der Waals surface area contributed by atoms with E-state index in [1.807, 2.05) is 12.1 Å². The second-order valence-electron chi connectivity index (χ2n) is 5.53. The van der Waals surface area contributed by atoms with Gasteiger partial charge in [0, 0.05) is 24.8 Å². The van der Waals surface area contributed by atoms with E-state index in [0.29, 0.717) is 23.0 Å². The summed E-state index contributed by atoms with van der Waals surface area (Å²) in [5, 5.41) is 3.26. The lowest BCUT2D eigenvalue weighted by molar-refractivity contribution is -0.118. The van der Waals surface area contributed by atoms with Gasteiger partial charge in [0.25, 0.3) is 5.91 Å². The monoisotopic (exact) mass is 344 g/mol. The molecule has 0 spiro atoms. The Morgan fingerprint density at radius 1 is 1.25 bits per heavy atom. The molecule has 6 heteroatoms. The Bertz CT molecular complexity index is 792. The number of nitrogens with one attached hydrogen (secondary N) is 1. The number of rotatable bonds is 4. The first-order valence-electron chi connectivity index (χ1n) is 7.63. The molecule has 2 aromatic rings. The minimum Gasteiger partial charge on any atom is -0.482 e. The van der Waals surface area contributed by atoms with Crippen molar-refractivity contribution >= 4 is 34.8 Å². The van der Waals surface area contributed by atoms with Crippen molar-refractivity contribution in [1.82, 2.24) is 0 Å². The maximum atomic E-state index is 12.0. The zero-order valence-electron chi connectivity index (χ0n) is 13.2. The Balaban J connectivity index is 1.61. The lowest BCUT2D eigenvalue weighted by Crippen LogP contribution is -2.25. The molecular formula is C18H17ClN2O3. The molecule has 0 aromatic heterocycles. The number of ether oxygens (including phenoxy) is 1. The van der Waals surface area contributed by atoms with Gasteiger partial charge in [0.15, 0.2) is 6.61 Å². The standard InChI is InChI=1S/C18H17ClN2O3/c1-12(22)21-9-8-13-10-14(6-7-16(13)21)20-18(23)11-24-17-5-3-2-4-15(17)19/h2-7,10H,8-9,11H2,1H3,(H,20,23). The van der Waals surface area contributed by atoms with Crippen LogP contribution in [0.25, 0.3) is 0 Å². The molecule has 0 fully saturated rings. The van der Waals surface area contributed by atoms with E-state index in [4.69, 9.17) is 16.3 Å². The molecule has 0 atom stereocenters. The van der Waals surface area contributed by atoms with Gasteiger partial charge >= 0.3 is 0 Å². The number of amides is 2. The number of para-hydroxylation sites is 1. The molecule has 1 heterocycles. The number of hydrogen-bond acceptors (Lipinski definition) is 3. The van der Waals surface area contributed by atoms with Gasteiger partial charge in [-0.3, -0.25) is 9.59 Å². The number of halogens is 1. The number of carbonyl (C=O) groups is 2. The van der Waals surface area contributed by atoms with Crippen molar-refractivity contribution in [3.8, 4) is 5.75 Å². The largest absolute Gasteiger partial charge is 0.482 e. The summed E-state index contributed by atoms with van der Waals surface area (Å²) in [4.78, 5) is 25.3. The second-order valence-corrected chi connectivity index (χ2v) is 5.94. The Morgan fingerprint density at radius 2 is 2.04 bits per heavy atom. The van der Waals surface area contributed by atoms with Crippen LogP contribution in [0.1, 0.15) is 12.5 Å². The lowest BCUT2D eigenvalue weighted by atomic mass is 10.1. The first-order valence-corrected chi connectivity index (χ1v) is 8.00. The highest BCUT2D eigenvalue weighted by Gasteiger charge is 2.22. The molecule has 0 radical (unpaired) electrons. The Kier molecular flexibility index (Phi) is 4.71. The third kappa shape index (κ3) is 3.51. The van der Waals surface area contributed by atoms with Crippen molar-refractivity contribution in [2.24, 2.45) is 0 Å². The van der Waals surface area contributed by atoms with Crippen LogP contribution >= 0.6 is 11.6 Å².